The second-order valence-electron chi connectivity index (χ2n) is 4.75. The van der Waals surface area contributed by atoms with E-state index < -0.39 is 5.97 Å². The van der Waals surface area contributed by atoms with Gasteiger partial charge in [-0.15, -0.1) is 0 Å². The minimum Gasteiger partial charge on any atom is -0.402 e. The van der Waals surface area contributed by atoms with Gasteiger partial charge in [0.05, 0.1) is 0 Å². The van der Waals surface area contributed by atoms with Crippen LogP contribution in [0.15, 0.2) is 59.2 Å². The molecule has 1 aliphatic rings. The van der Waals surface area contributed by atoms with E-state index >= 15 is 0 Å². The van der Waals surface area contributed by atoms with Crippen molar-refractivity contribution in [3.8, 4) is 0 Å². The number of carbonyl (C=O) groups excluding carboxylic acids is 1. The molecular weight excluding hydrogens is 269 g/mol. The minimum atomic E-state index is -0.505. The molecule has 2 aromatic carbocycles. The first-order valence-corrected chi connectivity index (χ1v) is 6.47. The standard InChI is InChI=1S/C17H12FNO2/c1-11-2-4-12(5-3-11)10-15-17(20)21-16(19-15)13-6-8-14(18)9-7-13/h2-10H,1H3. The number of cyclic esters (lactones) is 1. The Hall–Kier alpha value is -2.75. The van der Waals surface area contributed by atoms with Gasteiger partial charge in [0, 0.05) is 5.56 Å². The molecule has 0 aromatic heterocycles. The summed E-state index contributed by atoms with van der Waals surface area (Å²) in [7, 11) is 0. The monoisotopic (exact) mass is 281 g/mol. The molecule has 1 aliphatic heterocycles. The van der Waals surface area contributed by atoms with Crippen LogP contribution in [0.25, 0.3) is 6.08 Å². The van der Waals surface area contributed by atoms with E-state index in [4.69, 9.17) is 4.74 Å². The fourth-order valence-electron chi connectivity index (χ4n) is 1.95. The minimum absolute atomic E-state index is 0.193. The Labute approximate surface area is 121 Å². The lowest BCUT2D eigenvalue weighted by Crippen LogP contribution is -2.05. The summed E-state index contributed by atoms with van der Waals surface area (Å²) in [6.07, 6.45) is 1.66. The van der Waals surface area contributed by atoms with E-state index in [1.807, 2.05) is 31.2 Å². The number of aryl methyl sites for hydroxylation is 1. The Bertz CT molecular complexity index is 743. The van der Waals surface area contributed by atoms with Crippen molar-refractivity contribution in [3.63, 3.8) is 0 Å². The van der Waals surface area contributed by atoms with Gasteiger partial charge >= 0.3 is 5.97 Å². The van der Waals surface area contributed by atoms with Crippen molar-refractivity contribution in [2.24, 2.45) is 4.99 Å². The molecule has 104 valence electrons. The molecule has 2 aromatic rings. The van der Waals surface area contributed by atoms with Gasteiger partial charge in [-0.3, -0.25) is 0 Å². The van der Waals surface area contributed by atoms with Crippen LogP contribution in [0.3, 0.4) is 0 Å². The van der Waals surface area contributed by atoms with Crippen LogP contribution in [-0.4, -0.2) is 11.9 Å². The molecule has 0 fully saturated rings. The number of hydrogen-bond acceptors (Lipinski definition) is 3. The van der Waals surface area contributed by atoms with Crippen LogP contribution in [0.1, 0.15) is 16.7 Å². The summed E-state index contributed by atoms with van der Waals surface area (Å²) in [4.78, 5) is 16.0. The van der Waals surface area contributed by atoms with E-state index in [0.29, 0.717) is 5.56 Å². The number of carbonyl (C=O) groups is 1. The first-order valence-electron chi connectivity index (χ1n) is 6.47. The van der Waals surface area contributed by atoms with E-state index in [9.17, 15) is 9.18 Å². The van der Waals surface area contributed by atoms with Gasteiger partial charge in [-0.05, 0) is 42.8 Å². The molecule has 0 unspecified atom stereocenters. The van der Waals surface area contributed by atoms with Crippen molar-refractivity contribution < 1.29 is 13.9 Å². The summed E-state index contributed by atoms with van der Waals surface area (Å²) < 4.78 is 18.0. The summed E-state index contributed by atoms with van der Waals surface area (Å²) in [6.45, 7) is 1.99. The third-order valence-corrected chi connectivity index (χ3v) is 3.09. The SMILES string of the molecule is Cc1ccc(C=C2N=C(c3ccc(F)cc3)OC2=O)cc1. The molecule has 0 saturated heterocycles. The molecule has 1 heterocycles. The molecule has 0 N–H and O–H groups in total. The van der Waals surface area contributed by atoms with Gasteiger partial charge in [0.25, 0.3) is 0 Å². The fraction of sp³-hybridized carbons (Fsp3) is 0.0588. The number of esters is 1. The van der Waals surface area contributed by atoms with E-state index in [1.165, 1.54) is 24.3 Å². The first-order chi connectivity index (χ1) is 10.1. The van der Waals surface area contributed by atoms with Crippen LogP contribution in [0.5, 0.6) is 0 Å². The van der Waals surface area contributed by atoms with Crippen molar-refractivity contribution in [1.29, 1.82) is 0 Å². The topological polar surface area (TPSA) is 38.7 Å². The van der Waals surface area contributed by atoms with Gasteiger partial charge < -0.3 is 4.74 Å². The summed E-state index contributed by atoms with van der Waals surface area (Å²) >= 11 is 0. The van der Waals surface area contributed by atoms with E-state index in [-0.39, 0.29) is 17.4 Å². The largest absolute Gasteiger partial charge is 0.402 e. The second-order valence-corrected chi connectivity index (χ2v) is 4.75. The molecule has 0 radical (unpaired) electrons. The van der Waals surface area contributed by atoms with Crippen LogP contribution < -0.4 is 0 Å². The Morgan fingerprint density at radius 2 is 1.71 bits per heavy atom. The molecule has 4 heteroatoms. The third-order valence-electron chi connectivity index (χ3n) is 3.09. The molecule has 0 aliphatic carbocycles. The van der Waals surface area contributed by atoms with Gasteiger partial charge in [-0.2, -0.15) is 0 Å². The van der Waals surface area contributed by atoms with Gasteiger partial charge in [0.1, 0.15) is 5.82 Å². The lowest BCUT2D eigenvalue weighted by atomic mass is 10.1. The molecular formula is C17H12FNO2. The maximum Gasteiger partial charge on any atom is 0.363 e. The first kappa shape index (κ1) is 13.2. The van der Waals surface area contributed by atoms with Crippen molar-refractivity contribution in [2.45, 2.75) is 6.92 Å². The molecule has 3 nitrogen and oxygen atoms in total. The van der Waals surface area contributed by atoms with E-state index in [1.54, 1.807) is 6.08 Å². The van der Waals surface area contributed by atoms with Crippen LogP contribution in [-0.2, 0) is 9.53 Å². The van der Waals surface area contributed by atoms with Crippen LogP contribution in [0.2, 0.25) is 0 Å². The third kappa shape index (κ3) is 2.89. The molecule has 0 saturated carbocycles. The molecule has 0 amide bonds. The zero-order valence-corrected chi connectivity index (χ0v) is 11.3. The van der Waals surface area contributed by atoms with Gasteiger partial charge in [0.2, 0.25) is 5.90 Å². The highest BCUT2D eigenvalue weighted by molar-refractivity contribution is 6.12. The normalized spacial score (nSPS) is 16.0. The zero-order valence-electron chi connectivity index (χ0n) is 11.3. The average molecular weight is 281 g/mol. The highest BCUT2D eigenvalue weighted by Crippen LogP contribution is 2.19. The summed E-state index contributed by atoms with van der Waals surface area (Å²) in [6, 6.07) is 13.4. The Morgan fingerprint density at radius 3 is 2.38 bits per heavy atom. The summed E-state index contributed by atoms with van der Waals surface area (Å²) in [5, 5.41) is 0. The molecule has 0 spiro atoms. The van der Waals surface area contributed by atoms with Gasteiger partial charge in [-0.1, -0.05) is 29.8 Å². The summed E-state index contributed by atoms with van der Waals surface area (Å²) in [5.41, 5.74) is 2.81. The molecule has 0 bridgehead atoms. The number of hydrogen-bond donors (Lipinski definition) is 0. The average Bonchev–Trinajstić information content (AvgIpc) is 2.83. The Balaban J connectivity index is 1.91. The van der Waals surface area contributed by atoms with E-state index in [2.05, 4.69) is 4.99 Å². The second kappa shape index (κ2) is 5.32. The fourth-order valence-corrected chi connectivity index (χ4v) is 1.95. The zero-order chi connectivity index (χ0) is 14.8. The maximum atomic E-state index is 12.9. The highest BCUT2D eigenvalue weighted by Gasteiger charge is 2.23. The van der Waals surface area contributed by atoms with E-state index in [0.717, 1.165) is 11.1 Å². The predicted octanol–water partition coefficient (Wildman–Crippen LogP) is 3.48. The van der Waals surface area contributed by atoms with Crippen LogP contribution in [0, 0.1) is 12.7 Å². The highest BCUT2D eigenvalue weighted by atomic mass is 19.1. The summed E-state index contributed by atoms with van der Waals surface area (Å²) in [5.74, 6) is -0.660. The lowest BCUT2D eigenvalue weighted by Gasteiger charge is -1.98. The Kier molecular flexibility index (Phi) is 3.36. The molecule has 0 atom stereocenters. The smallest absolute Gasteiger partial charge is 0.363 e. The number of benzene rings is 2. The lowest BCUT2D eigenvalue weighted by molar-refractivity contribution is -0.129. The predicted molar refractivity (Wildman–Crippen MR) is 78.2 cm³/mol. The molecule has 21 heavy (non-hydrogen) atoms. The van der Waals surface area contributed by atoms with Crippen molar-refractivity contribution in [1.82, 2.24) is 0 Å². The van der Waals surface area contributed by atoms with Crippen LogP contribution >= 0.6 is 0 Å². The Morgan fingerprint density at radius 1 is 1.05 bits per heavy atom. The van der Waals surface area contributed by atoms with Crippen molar-refractivity contribution >= 4 is 17.9 Å². The number of halogens is 1. The van der Waals surface area contributed by atoms with Crippen molar-refractivity contribution in [2.75, 3.05) is 0 Å². The van der Waals surface area contributed by atoms with Gasteiger partial charge in [0.15, 0.2) is 5.70 Å². The number of nitrogens with zero attached hydrogens (tertiary/aromatic N) is 1. The molecule has 3 rings (SSSR count). The maximum absolute atomic E-state index is 12.9. The van der Waals surface area contributed by atoms with Gasteiger partial charge in [-0.25, -0.2) is 14.2 Å². The van der Waals surface area contributed by atoms with Crippen molar-refractivity contribution in [3.05, 3.63) is 76.7 Å². The number of ether oxygens (including phenoxy) is 1. The van der Waals surface area contributed by atoms with Crippen LogP contribution in [0.4, 0.5) is 4.39 Å². The number of rotatable bonds is 2. The quantitative estimate of drug-likeness (QED) is 0.624. The number of aliphatic imine (C=N–C) groups is 1.